The summed E-state index contributed by atoms with van der Waals surface area (Å²) in [6.45, 7) is 3.96. The molecule has 0 fully saturated rings. The Hall–Kier alpha value is -2.72. The number of hydrogen-bond acceptors (Lipinski definition) is 4. The van der Waals surface area contributed by atoms with Crippen molar-refractivity contribution in [3.8, 4) is 17.2 Å². The van der Waals surface area contributed by atoms with Gasteiger partial charge in [-0.2, -0.15) is 0 Å². The highest BCUT2D eigenvalue weighted by molar-refractivity contribution is 5.87. The fourth-order valence-electron chi connectivity index (χ4n) is 4.12. The van der Waals surface area contributed by atoms with Crippen LogP contribution in [0.1, 0.15) is 30.9 Å². The van der Waals surface area contributed by atoms with Gasteiger partial charge in [-0.05, 0) is 22.4 Å². The van der Waals surface area contributed by atoms with Gasteiger partial charge in [-0.3, -0.25) is 0 Å². The van der Waals surface area contributed by atoms with Gasteiger partial charge in [-0.15, -0.1) is 0 Å². The Morgan fingerprint density at radius 3 is 2.50 bits per heavy atom. The second-order valence-corrected chi connectivity index (χ2v) is 7.23. The fraction of sp³-hybridized carbons (Fsp3) is 0.273. The van der Waals surface area contributed by atoms with Gasteiger partial charge in [-0.1, -0.05) is 49.4 Å². The van der Waals surface area contributed by atoms with Gasteiger partial charge in [0.1, 0.15) is 5.75 Å². The van der Waals surface area contributed by atoms with E-state index in [1.54, 1.807) is 6.92 Å². The van der Waals surface area contributed by atoms with E-state index < -0.39 is 5.79 Å². The number of hydrogen-bond donors (Lipinski definition) is 1. The van der Waals surface area contributed by atoms with E-state index in [0.717, 1.165) is 11.3 Å². The number of rotatable bonds is 1. The van der Waals surface area contributed by atoms with Gasteiger partial charge in [0.05, 0.1) is 0 Å². The third-order valence-electron chi connectivity index (χ3n) is 5.66. The summed E-state index contributed by atoms with van der Waals surface area (Å²) in [4.78, 5) is 0. The molecular formula is C22H20O4. The molecule has 2 heterocycles. The smallest absolute Gasteiger partial charge is 0.231 e. The second-order valence-electron chi connectivity index (χ2n) is 7.23. The first kappa shape index (κ1) is 15.5. The highest BCUT2D eigenvalue weighted by atomic mass is 16.7. The molecule has 3 atom stereocenters. The van der Waals surface area contributed by atoms with Crippen LogP contribution in [0.5, 0.6) is 17.2 Å². The number of aliphatic hydroxyl groups is 1. The molecule has 132 valence electrons. The summed E-state index contributed by atoms with van der Waals surface area (Å²) in [7, 11) is 0. The maximum Gasteiger partial charge on any atom is 0.231 e. The van der Waals surface area contributed by atoms with Crippen molar-refractivity contribution in [3.63, 3.8) is 0 Å². The molecule has 0 aromatic heterocycles. The van der Waals surface area contributed by atoms with Gasteiger partial charge >= 0.3 is 0 Å². The Morgan fingerprint density at radius 2 is 1.65 bits per heavy atom. The molecule has 2 aliphatic rings. The van der Waals surface area contributed by atoms with Crippen LogP contribution < -0.4 is 14.2 Å². The maximum absolute atomic E-state index is 10.9. The molecule has 5 rings (SSSR count). The molecule has 1 N–H and O–H groups in total. The average molecular weight is 348 g/mol. The van der Waals surface area contributed by atoms with Crippen molar-refractivity contribution in [3.05, 3.63) is 65.7 Å². The van der Waals surface area contributed by atoms with E-state index in [4.69, 9.17) is 14.2 Å². The first-order chi connectivity index (χ1) is 12.5. The maximum atomic E-state index is 10.9. The summed E-state index contributed by atoms with van der Waals surface area (Å²) < 4.78 is 17.0. The zero-order chi connectivity index (χ0) is 17.9. The summed E-state index contributed by atoms with van der Waals surface area (Å²) in [5, 5.41) is 13.3. The van der Waals surface area contributed by atoms with Crippen LogP contribution in [-0.4, -0.2) is 17.7 Å². The second kappa shape index (κ2) is 5.39. The molecule has 26 heavy (non-hydrogen) atoms. The number of fused-ring (bicyclic) bond motifs is 3. The van der Waals surface area contributed by atoms with Crippen molar-refractivity contribution in [1.82, 2.24) is 0 Å². The lowest BCUT2D eigenvalue weighted by molar-refractivity contribution is -0.171. The predicted molar refractivity (Wildman–Crippen MR) is 98.8 cm³/mol. The van der Waals surface area contributed by atoms with E-state index in [1.165, 1.54) is 16.3 Å². The van der Waals surface area contributed by atoms with Crippen LogP contribution in [0.2, 0.25) is 0 Å². The molecule has 4 heteroatoms. The van der Waals surface area contributed by atoms with E-state index in [0.29, 0.717) is 11.5 Å². The summed E-state index contributed by atoms with van der Waals surface area (Å²) in [6, 6.07) is 18.5. The Kier molecular flexibility index (Phi) is 3.22. The van der Waals surface area contributed by atoms with Gasteiger partial charge in [0, 0.05) is 30.4 Å². The summed E-state index contributed by atoms with van der Waals surface area (Å²) in [5.41, 5.74) is 2.20. The lowest BCUT2D eigenvalue weighted by Crippen LogP contribution is -2.45. The monoisotopic (exact) mass is 348 g/mol. The first-order valence-electron chi connectivity index (χ1n) is 8.87. The summed E-state index contributed by atoms with van der Waals surface area (Å²) >= 11 is 0. The van der Waals surface area contributed by atoms with Crippen molar-refractivity contribution < 1.29 is 19.3 Å². The molecule has 4 nitrogen and oxygen atoms in total. The molecule has 0 saturated carbocycles. The van der Waals surface area contributed by atoms with Crippen LogP contribution in [0, 0.1) is 5.92 Å². The normalized spacial score (nSPS) is 26.4. The molecule has 2 aliphatic heterocycles. The minimum absolute atomic E-state index is 0.0191. The molecule has 3 aromatic carbocycles. The quantitative estimate of drug-likeness (QED) is 0.706. The highest BCUT2D eigenvalue weighted by Crippen LogP contribution is 2.52. The Balaban J connectivity index is 1.78. The minimum atomic E-state index is -1.28. The molecular weight excluding hydrogens is 328 g/mol. The van der Waals surface area contributed by atoms with Gasteiger partial charge in [0.25, 0.3) is 0 Å². The molecule has 0 spiro atoms. The zero-order valence-electron chi connectivity index (χ0n) is 14.7. The molecule has 0 unspecified atom stereocenters. The van der Waals surface area contributed by atoms with E-state index >= 15 is 0 Å². The standard InChI is InChI=1S/C22H20O4/c1-13-21(16-9-5-7-14-6-3-4-8-15(14)16)17-10-19-20(25-12-24-19)11-18(17)26-22(13,2)23/h3-11,13,21,23H,12H2,1-2H3/t13-,21+,22+/m1/s1. The lowest BCUT2D eigenvalue weighted by atomic mass is 9.74. The SMILES string of the molecule is C[C@@H]1[C@@H](c2cccc3ccccc23)c2cc3c(cc2O[C@]1(C)O)OCO3. The van der Waals surface area contributed by atoms with E-state index in [-0.39, 0.29) is 18.6 Å². The lowest BCUT2D eigenvalue weighted by Gasteiger charge is -2.42. The molecule has 0 aliphatic carbocycles. The number of benzene rings is 3. The fourth-order valence-corrected chi connectivity index (χ4v) is 4.12. The summed E-state index contributed by atoms with van der Waals surface area (Å²) in [6.07, 6.45) is 0. The van der Waals surface area contributed by atoms with Crippen molar-refractivity contribution in [2.24, 2.45) is 5.92 Å². The van der Waals surface area contributed by atoms with E-state index in [9.17, 15) is 5.11 Å². The molecule has 3 aromatic rings. The third-order valence-corrected chi connectivity index (χ3v) is 5.66. The van der Waals surface area contributed by atoms with Crippen LogP contribution in [0.3, 0.4) is 0 Å². The molecule has 0 saturated heterocycles. The van der Waals surface area contributed by atoms with Crippen LogP contribution in [0.15, 0.2) is 54.6 Å². The Bertz CT molecular complexity index is 1000. The summed E-state index contributed by atoms with van der Waals surface area (Å²) in [5.74, 6) is 0.602. The van der Waals surface area contributed by atoms with Crippen LogP contribution in [0.4, 0.5) is 0 Å². The topological polar surface area (TPSA) is 47.9 Å². The molecule has 0 bridgehead atoms. The van der Waals surface area contributed by atoms with Gasteiger partial charge in [0.2, 0.25) is 12.6 Å². The zero-order valence-corrected chi connectivity index (χ0v) is 14.7. The highest BCUT2D eigenvalue weighted by Gasteiger charge is 2.45. The van der Waals surface area contributed by atoms with Crippen molar-refractivity contribution in [2.75, 3.05) is 6.79 Å². The Morgan fingerprint density at radius 1 is 0.923 bits per heavy atom. The first-order valence-corrected chi connectivity index (χ1v) is 8.87. The van der Waals surface area contributed by atoms with Gasteiger partial charge in [0.15, 0.2) is 11.5 Å². The van der Waals surface area contributed by atoms with E-state index in [2.05, 4.69) is 36.4 Å². The minimum Gasteiger partial charge on any atom is -0.462 e. The van der Waals surface area contributed by atoms with Crippen molar-refractivity contribution in [2.45, 2.75) is 25.6 Å². The van der Waals surface area contributed by atoms with Crippen molar-refractivity contribution in [1.29, 1.82) is 0 Å². The number of ether oxygens (including phenoxy) is 3. The van der Waals surface area contributed by atoms with E-state index in [1.807, 2.05) is 25.1 Å². The largest absolute Gasteiger partial charge is 0.462 e. The Labute approximate surface area is 151 Å². The van der Waals surface area contributed by atoms with Crippen LogP contribution in [-0.2, 0) is 0 Å². The molecule has 0 amide bonds. The van der Waals surface area contributed by atoms with Crippen LogP contribution >= 0.6 is 0 Å². The van der Waals surface area contributed by atoms with Crippen molar-refractivity contribution >= 4 is 10.8 Å². The average Bonchev–Trinajstić information content (AvgIpc) is 3.08. The predicted octanol–water partition coefficient (Wildman–Crippen LogP) is 4.44. The van der Waals surface area contributed by atoms with Gasteiger partial charge < -0.3 is 19.3 Å². The molecule has 0 radical (unpaired) electrons. The van der Waals surface area contributed by atoms with Gasteiger partial charge in [-0.25, -0.2) is 0 Å². The third kappa shape index (κ3) is 2.19. The van der Waals surface area contributed by atoms with Crippen LogP contribution in [0.25, 0.3) is 10.8 Å².